The van der Waals surface area contributed by atoms with E-state index in [0.717, 1.165) is 32.4 Å². The molecule has 1 N–H and O–H groups in total. The van der Waals surface area contributed by atoms with E-state index in [1.165, 1.54) is 12.8 Å². The molecule has 2 aliphatic heterocycles. The monoisotopic (exact) mass is 293 g/mol. The number of nitrogens with one attached hydrogen (secondary N) is 1. The highest BCUT2D eigenvalue weighted by atomic mass is 16.6. The summed E-state index contributed by atoms with van der Waals surface area (Å²) in [6.07, 6.45) is 5.74. The summed E-state index contributed by atoms with van der Waals surface area (Å²) in [5.41, 5.74) is 0. The van der Waals surface area contributed by atoms with Gasteiger partial charge in [0, 0.05) is 32.6 Å². The third-order valence-electron chi connectivity index (χ3n) is 4.83. The minimum atomic E-state index is -0.351. The first-order valence-corrected chi connectivity index (χ1v) is 7.77. The Morgan fingerprint density at radius 1 is 1.33 bits per heavy atom. The second-order valence-electron chi connectivity index (χ2n) is 6.08. The zero-order valence-electron chi connectivity index (χ0n) is 12.7. The first kappa shape index (κ1) is 14.3. The van der Waals surface area contributed by atoms with Crippen LogP contribution in [0.25, 0.3) is 0 Å². The summed E-state index contributed by atoms with van der Waals surface area (Å²) in [6.45, 7) is 3.76. The van der Waals surface area contributed by atoms with E-state index < -0.39 is 0 Å². The van der Waals surface area contributed by atoms with Crippen LogP contribution in [0.4, 0.5) is 11.6 Å². The zero-order chi connectivity index (χ0) is 15.0. The Bertz CT molecular complexity index is 536. The van der Waals surface area contributed by atoms with Gasteiger partial charge in [0.25, 0.3) is 0 Å². The Hall–Kier alpha value is -1.63. The number of imidazole rings is 1. The van der Waals surface area contributed by atoms with Gasteiger partial charge in [-0.3, -0.25) is 4.57 Å². The Labute approximate surface area is 124 Å². The molecule has 21 heavy (non-hydrogen) atoms. The lowest BCUT2D eigenvalue weighted by atomic mass is 9.94. The third-order valence-corrected chi connectivity index (χ3v) is 4.83. The molecule has 0 radical (unpaired) electrons. The minimum Gasteiger partial charge on any atom is -0.358 e. The zero-order valence-corrected chi connectivity index (χ0v) is 12.7. The van der Waals surface area contributed by atoms with E-state index in [-0.39, 0.29) is 10.7 Å². The van der Waals surface area contributed by atoms with Crippen LogP contribution in [0.2, 0.25) is 0 Å². The summed E-state index contributed by atoms with van der Waals surface area (Å²) in [7, 11) is 1.87. The first-order chi connectivity index (χ1) is 10.1. The second-order valence-corrected chi connectivity index (χ2v) is 6.08. The Balaban J connectivity index is 1.98. The molecule has 0 aliphatic carbocycles. The molecule has 0 amide bonds. The molecule has 0 spiro atoms. The van der Waals surface area contributed by atoms with Crippen LogP contribution in [-0.4, -0.2) is 39.6 Å². The van der Waals surface area contributed by atoms with E-state index in [1.54, 1.807) is 0 Å². The average Bonchev–Trinajstić information content (AvgIpc) is 3.09. The number of anilines is 1. The van der Waals surface area contributed by atoms with E-state index in [0.29, 0.717) is 23.7 Å². The van der Waals surface area contributed by atoms with Gasteiger partial charge in [0.1, 0.15) is 0 Å². The van der Waals surface area contributed by atoms with Crippen molar-refractivity contribution in [2.45, 2.75) is 51.1 Å². The van der Waals surface area contributed by atoms with E-state index in [1.807, 2.05) is 18.5 Å². The van der Waals surface area contributed by atoms with E-state index in [2.05, 4.69) is 15.2 Å². The lowest BCUT2D eigenvalue weighted by molar-refractivity contribution is -0.388. The highest BCUT2D eigenvalue weighted by Crippen LogP contribution is 2.35. The second kappa shape index (κ2) is 5.63. The molecule has 2 unspecified atom stereocenters. The average molecular weight is 293 g/mol. The van der Waals surface area contributed by atoms with Crippen LogP contribution in [0.5, 0.6) is 0 Å². The van der Waals surface area contributed by atoms with Gasteiger partial charge in [-0.05, 0) is 48.6 Å². The molecule has 2 aliphatic rings. The fraction of sp³-hybridized carbons (Fsp3) is 0.786. The molecule has 0 aromatic carbocycles. The summed E-state index contributed by atoms with van der Waals surface area (Å²) in [4.78, 5) is 17.4. The van der Waals surface area contributed by atoms with Crippen molar-refractivity contribution in [3.63, 3.8) is 0 Å². The van der Waals surface area contributed by atoms with E-state index in [9.17, 15) is 10.1 Å². The van der Waals surface area contributed by atoms with E-state index in [4.69, 9.17) is 0 Å². The molecular formula is C14H23N5O2. The molecule has 7 nitrogen and oxygen atoms in total. The molecule has 0 saturated carbocycles. The van der Waals surface area contributed by atoms with Crippen LogP contribution in [-0.2, 0) is 7.05 Å². The van der Waals surface area contributed by atoms with Crippen molar-refractivity contribution in [3.8, 4) is 0 Å². The Kier molecular flexibility index (Phi) is 3.84. The predicted octanol–water partition coefficient (Wildman–Crippen LogP) is 1.75. The molecule has 0 bridgehead atoms. The van der Waals surface area contributed by atoms with Crippen LogP contribution >= 0.6 is 0 Å². The molecular weight excluding hydrogens is 270 g/mol. The maximum atomic E-state index is 11.3. The van der Waals surface area contributed by atoms with Gasteiger partial charge in [-0.1, -0.05) is 0 Å². The van der Waals surface area contributed by atoms with Crippen LogP contribution in [0.3, 0.4) is 0 Å². The lowest BCUT2D eigenvalue weighted by Crippen LogP contribution is -2.51. The molecule has 3 rings (SSSR count). The van der Waals surface area contributed by atoms with Crippen LogP contribution in [0.15, 0.2) is 0 Å². The number of hydrogen-bond acceptors (Lipinski definition) is 5. The van der Waals surface area contributed by atoms with Gasteiger partial charge >= 0.3 is 5.82 Å². The largest absolute Gasteiger partial charge is 0.406 e. The third kappa shape index (κ3) is 2.50. The quantitative estimate of drug-likeness (QED) is 0.678. The highest BCUT2D eigenvalue weighted by Gasteiger charge is 2.37. The van der Waals surface area contributed by atoms with Crippen molar-refractivity contribution in [1.82, 2.24) is 14.9 Å². The Morgan fingerprint density at radius 3 is 2.81 bits per heavy atom. The maximum absolute atomic E-state index is 11.3. The number of nitrogens with zero attached hydrogens (tertiary/aromatic N) is 4. The molecule has 2 saturated heterocycles. The number of aryl methyl sites for hydroxylation is 1. The molecule has 2 atom stereocenters. The molecule has 7 heteroatoms. The van der Waals surface area contributed by atoms with Gasteiger partial charge < -0.3 is 20.3 Å². The van der Waals surface area contributed by atoms with Crippen molar-refractivity contribution < 1.29 is 4.92 Å². The fourth-order valence-electron chi connectivity index (χ4n) is 3.70. The number of rotatable bonds is 3. The van der Waals surface area contributed by atoms with Gasteiger partial charge in [0.15, 0.2) is 0 Å². The molecule has 2 fully saturated rings. The number of nitro groups is 1. The minimum absolute atomic E-state index is 0.0000954. The standard InChI is InChI=1S/C14H23N5O2/c1-10-16-13(19(20)21)14(17(10)2)18-9-4-3-7-12(18)11-6-5-8-15-11/h11-12,15H,3-9H2,1-2H3. The van der Waals surface area contributed by atoms with Crippen LogP contribution in [0.1, 0.15) is 37.9 Å². The highest BCUT2D eigenvalue weighted by molar-refractivity contribution is 5.57. The van der Waals surface area contributed by atoms with Gasteiger partial charge in [0.05, 0.1) is 0 Å². The van der Waals surface area contributed by atoms with Crippen molar-refractivity contribution in [3.05, 3.63) is 15.9 Å². The maximum Gasteiger partial charge on any atom is 0.406 e. The van der Waals surface area contributed by atoms with Gasteiger partial charge in [0.2, 0.25) is 11.6 Å². The summed E-state index contributed by atoms with van der Waals surface area (Å²) in [5, 5.41) is 14.9. The number of hydrogen-bond donors (Lipinski definition) is 1. The lowest BCUT2D eigenvalue weighted by Gasteiger charge is -2.40. The van der Waals surface area contributed by atoms with Gasteiger partial charge in [-0.25, -0.2) is 0 Å². The van der Waals surface area contributed by atoms with Crippen LogP contribution < -0.4 is 10.2 Å². The van der Waals surface area contributed by atoms with Gasteiger partial charge in [-0.2, -0.15) is 0 Å². The SMILES string of the molecule is Cc1nc([N+](=O)[O-])c(N2CCCCC2C2CCCN2)n1C. The molecule has 1 aromatic rings. The van der Waals surface area contributed by atoms with Crippen molar-refractivity contribution >= 4 is 11.6 Å². The topological polar surface area (TPSA) is 76.2 Å². The smallest absolute Gasteiger partial charge is 0.358 e. The van der Waals surface area contributed by atoms with Crippen molar-refractivity contribution in [1.29, 1.82) is 0 Å². The molecule has 116 valence electrons. The fourth-order valence-corrected chi connectivity index (χ4v) is 3.70. The number of piperidine rings is 1. The summed E-state index contributed by atoms with van der Waals surface area (Å²) < 4.78 is 1.87. The number of aromatic nitrogens is 2. The molecule has 1 aromatic heterocycles. The Morgan fingerprint density at radius 2 is 2.14 bits per heavy atom. The van der Waals surface area contributed by atoms with Crippen molar-refractivity contribution in [2.24, 2.45) is 7.05 Å². The molecule has 3 heterocycles. The van der Waals surface area contributed by atoms with E-state index >= 15 is 0 Å². The van der Waals surface area contributed by atoms with Crippen LogP contribution in [0, 0.1) is 17.0 Å². The summed E-state index contributed by atoms with van der Waals surface area (Å²) in [5.74, 6) is 1.37. The normalized spacial score (nSPS) is 26.3. The summed E-state index contributed by atoms with van der Waals surface area (Å²) in [6, 6.07) is 0.787. The van der Waals surface area contributed by atoms with Crippen molar-refractivity contribution in [2.75, 3.05) is 18.0 Å². The summed E-state index contributed by atoms with van der Waals surface area (Å²) >= 11 is 0. The van der Waals surface area contributed by atoms with Gasteiger partial charge in [-0.15, -0.1) is 0 Å². The first-order valence-electron chi connectivity index (χ1n) is 7.77. The predicted molar refractivity (Wildman–Crippen MR) is 80.6 cm³/mol.